The predicted octanol–water partition coefficient (Wildman–Crippen LogP) is 7.31. The molecule has 0 N–H and O–H groups in total. The number of hydrogen-bond acceptors (Lipinski definition) is 3. The lowest BCUT2D eigenvalue weighted by atomic mass is 9.79. The molecular weight excluding hydrogens is 557 g/mol. The van der Waals surface area contributed by atoms with E-state index in [1.54, 1.807) is 53.1 Å². The Morgan fingerprint density at radius 1 is 0.949 bits per heavy atom. The van der Waals surface area contributed by atoms with E-state index in [0.717, 1.165) is 40.8 Å². The normalized spacial score (nSPS) is 20.1. The van der Waals surface area contributed by atoms with Crippen LogP contribution in [0.4, 0.5) is 8.78 Å². The van der Waals surface area contributed by atoms with Crippen molar-refractivity contribution in [3.05, 3.63) is 142 Å². The van der Waals surface area contributed by atoms with Crippen LogP contribution in [0.3, 0.4) is 0 Å². The standard InChI is InChI=1S/C31H22Cl2F2N2OS/c1-17-12-21(14-18-2-8-23(34)9-3-18)28-25(13-17)29(19-5-10-24(35)11-6-19)37-30(38)27(39-31(37)36-28)15-20-4-7-22(32)16-26(20)33/h2-11,14-17,29H,12-13H2,1H3/b21-14+,27-15+. The molecule has 0 fully saturated rings. The number of nitrogens with zero attached hydrogens (tertiary/aromatic N) is 2. The molecule has 1 aliphatic carbocycles. The number of benzene rings is 3. The zero-order valence-corrected chi connectivity index (χ0v) is 23.1. The van der Waals surface area contributed by atoms with Gasteiger partial charge in [0.2, 0.25) is 0 Å². The lowest BCUT2D eigenvalue weighted by Crippen LogP contribution is -2.39. The molecule has 3 aromatic carbocycles. The SMILES string of the molecule is CC1CC2=C(N=c3s/c(=C/c4ccc(Cl)cc4Cl)c(=O)n3C2c2ccc(F)cc2)/C(=C/c2ccc(F)cc2)C1. The fraction of sp³-hybridized carbons (Fsp3) is 0.161. The van der Waals surface area contributed by atoms with Crippen LogP contribution in [0.15, 0.2) is 93.4 Å². The van der Waals surface area contributed by atoms with E-state index in [4.69, 9.17) is 28.2 Å². The van der Waals surface area contributed by atoms with Crippen LogP contribution in [0, 0.1) is 17.6 Å². The molecule has 0 saturated heterocycles. The number of thiazole rings is 1. The summed E-state index contributed by atoms with van der Waals surface area (Å²) in [6.07, 6.45) is 5.33. The molecule has 2 atom stereocenters. The maximum atomic E-state index is 13.9. The molecule has 196 valence electrons. The molecule has 8 heteroatoms. The van der Waals surface area contributed by atoms with Gasteiger partial charge in [-0.15, -0.1) is 0 Å². The second kappa shape index (κ2) is 10.3. The van der Waals surface area contributed by atoms with Crippen molar-refractivity contribution in [2.24, 2.45) is 10.9 Å². The maximum Gasteiger partial charge on any atom is 0.271 e. The van der Waals surface area contributed by atoms with Gasteiger partial charge in [0.05, 0.1) is 16.3 Å². The summed E-state index contributed by atoms with van der Waals surface area (Å²) < 4.78 is 29.7. The fourth-order valence-electron chi connectivity index (χ4n) is 5.29. The van der Waals surface area contributed by atoms with E-state index in [2.05, 4.69) is 6.92 Å². The van der Waals surface area contributed by atoms with Gasteiger partial charge in [-0.2, -0.15) is 0 Å². The molecule has 1 aromatic heterocycles. The van der Waals surface area contributed by atoms with Crippen LogP contribution >= 0.6 is 34.5 Å². The Kier molecular flexibility index (Phi) is 6.88. The van der Waals surface area contributed by atoms with Crippen LogP contribution in [0.2, 0.25) is 10.0 Å². The van der Waals surface area contributed by atoms with Gasteiger partial charge in [-0.3, -0.25) is 9.36 Å². The van der Waals surface area contributed by atoms with Gasteiger partial charge >= 0.3 is 0 Å². The molecule has 2 aliphatic rings. The first kappa shape index (κ1) is 25.9. The van der Waals surface area contributed by atoms with Crippen LogP contribution in [-0.4, -0.2) is 4.57 Å². The Balaban J connectivity index is 1.59. The largest absolute Gasteiger partial charge is 0.272 e. The van der Waals surface area contributed by atoms with Crippen LogP contribution in [0.5, 0.6) is 0 Å². The van der Waals surface area contributed by atoms with Crippen molar-refractivity contribution in [2.45, 2.75) is 25.8 Å². The highest BCUT2D eigenvalue weighted by atomic mass is 35.5. The zero-order chi connectivity index (χ0) is 27.3. The third-order valence-corrected chi connectivity index (χ3v) is 8.57. The molecule has 3 nitrogen and oxygen atoms in total. The smallest absolute Gasteiger partial charge is 0.271 e. The number of fused-ring (bicyclic) bond motifs is 1. The second-order valence-electron chi connectivity index (χ2n) is 9.91. The number of halogens is 4. The highest BCUT2D eigenvalue weighted by molar-refractivity contribution is 7.07. The Morgan fingerprint density at radius 3 is 2.33 bits per heavy atom. The van der Waals surface area contributed by atoms with E-state index in [1.807, 2.05) is 6.08 Å². The minimum absolute atomic E-state index is 0.187. The van der Waals surface area contributed by atoms with Crippen molar-refractivity contribution in [2.75, 3.05) is 0 Å². The molecule has 1 aliphatic heterocycles. The van der Waals surface area contributed by atoms with E-state index in [-0.39, 0.29) is 17.2 Å². The molecule has 6 rings (SSSR count). The number of aromatic nitrogens is 1. The van der Waals surface area contributed by atoms with E-state index < -0.39 is 6.04 Å². The third kappa shape index (κ3) is 5.05. The van der Waals surface area contributed by atoms with Crippen molar-refractivity contribution >= 4 is 46.7 Å². The molecule has 2 unspecified atom stereocenters. The van der Waals surface area contributed by atoms with Crippen molar-refractivity contribution in [1.82, 2.24) is 4.57 Å². The Labute approximate surface area is 237 Å². The first-order chi connectivity index (χ1) is 18.8. The topological polar surface area (TPSA) is 34.4 Å². The number of rotatable bonds is 3. The molecule has 0 saturated carbocycles. The molecule has 39 heavy (non-hydrogen) atoms. The fourth-order valence-corrected chi connectivity index (χ4v) is 6.75. The lowest BCUT2D eigenvalue weighted by Gasteiger charge is -2.33. The zero-order valence-electron chi connectivity index (χ0n) is 20.8. The summed E-state index contributed by atoms with van der Waals surface area (Å²) in [5.74, 6) is -0.338. The highest BCUT2D eigenvalue weighted by Gasteiger charge is 2.34. The van der Waals surface area contributed by atoms with Crippen molar-refractivity contribution in [1.29, 1.82) is 0 Å². The molecule has 4 aromatic rings. The summed E-state index contributed by atoms with van der Waals surface area (Å²) in [5, 5.41) is 0.957. The number of hydrogen-bond donors (Lipinski definition) is 0. The Bertz CT molecular complexity index is 1840. The average molecular weight is 579 g/mol. The monoisotopic (exact) mass is 578 g/mol. The van der Waals surface area contributed by atoms with Crippen LogP contribution in [0.25, 0.3) is 12.2 Å². The third-order valence-electron chi connectivity index (χ3n) is 7.02. The van der Waals surface area contributed by atoms with Crippen LogP contribution < -0.4 is 14.9 Å². The van der Waals surface area contributed by atoms with Crippen LogP contribution in [0.1, 0.15) is 42.5 Å². The predicted molar refractivity (Wildman–Crippen MR) is 154 cm³/mol. The van der Waals surface area contributed by atoms with Gasteiger partial charge in [-0.25, -0.2) is 13.8 Å². The van der Waals surface area contributed by atoms with E-state index in [9.17, 15) is 13.6 Å². The van der Waals surface area contributed by atoms with Crippen molar-refractivity contribution in [3.8, 4) is 0 Å². The summed E-state index contributed by atoms with van der Waals surface area (Å²) >= 11 is 13.8. The van der Waals surface area contributed by atoms with E-state index in [1.165, 1.54) is 35.6 Å². The Hall–Kier alpha value is -3.32. The van der Waals surface area contributed by atoms with Crippen LogP contribution in [-0.2, 0) is 0 Å². The first-order valence-corrected chi connectivity index (χ1v) is 14.1. The van der Waals surface area contributed by atoms with Crippen molar-refractivity contribution in [3.63, 3.8) is 0 Å². The highest BCUT2D eigenvalue weighted by Crippen LogP contribution is 2.43. The lowest BCUT2D eigenvalue weighted by molar-refractivity contribution is 0.481. The molecule has 0 bridgehead atoms. The first-order valence-electron chi connectivity index (χ1n) is 12.5. The summed E-state index contributed by atoms with van der Waals surface area (Å²) in [5.41, 5.74) is 5.06. The van der Waals surface area contributed by atoms with Gasteiger partial charge in [0, 0.05) is 10.0 Å². The minimum atomic E-state index is -0.431. The quantitative estimate of drug-likeness (QED) is 0.251. The molecule has 0 radical (unpaired) electrons. The van der Waals surface area contributed by atoms with Gasteiger partial charge in [0.15, 0.2) is 4.80 Å². The average Bonchev–Trinajstić information content (AvgIpc) is 3.21. The minimum Gasteiger partial charge on any atom is -0.272 e. The Morgan fingerprint density at radius 2 is 1.64 bits per heavy atom. The molecule has 0 spiro atoms. The molecule has 2 heterocycles. The van der Waals surface area contributed by atoms with Gasteiger partial charge in [-0.1, -0.05) is 71.8 Å². The summed E-state index contributed by atoms with van der Waals surface area (Å²) in [6, 6.07) is 17.4. The number of allylic oxidation sites excluding steroid dienone is 2. The van der Waals surface area contributed by atoms with E-state index in [0.29, 0.717) is 30.9 Å². The maximum absolute atomic E-state index is 13.9. The second-order valence-corrected chi connectivity index (χ2v) is 11.8. The van der Waals surface area contributed by atoms with E-state index >= 15 is 0 Å². The van der Waals surface area contributed by atoms with Crippen molar-refractivity contribution < 1.29 is 8.78 Å². The molecule has 0 amide bonds. The van der Waals surface area contributed by atoms with Gasteiger partial charge in [0.25, 0.3) is 5.56 Å². The van der Waals surface area contributed by atoms with Gasteiger partial charge in [-0.05, 0) is 95.1 Å². The van der Waals surface area contributed by atoms with Gasteiger partial charge < -0.3 is 0 Å². The van der Waals surface area contributed by atoms with Gasteiger partial charge in [0.1, 0.15) is 11.6 Å². The summed E-state index contributed by atoms with van der Waals surface area (Å²) in [4.78, 5) is 19.5. The summed E-state index contributed by atoms with van der Waals surface area (Å²) in [7, 11) is 0. The molecular formula is C31H22Cl2F2N2OS. The summed E-state index contributed by atoms with van der Waals surface area (Å²) in [6.45, 7) is 2.16.